The molecule has 15 heavy (non-hydrogen) atoms. The van der Waals surface area contributed by atoms with Crippen LogP contribution in [0.5, 0.6) is 0 Å². The van der Waals surface area contributed by atoms with Crippen molar-refractivity contribution >= 4 is 17.8 Å². The van der Waals surface area contributed by atoms with Gasteiger partial charge in [0.05, 0.1) is 5.92 Å². The zero-order valence-corrected chi connectivity index (χ0v) is 8.27. The van der Waals surface area contributed by atoms with Crippen molar-refractivity contribution < 1.29 is 24.6 Å². The van der Waals surface area contributed by atoms with E-state index in [9.17, 15) is 14.4 Å². The van der Waals surface area contributed by atoms with Gasteiger partial charge in [-0.15, -0.1) is 6.42 Å². The summed E-state index contributed by atoms with van der Waals surface area (Å²) in [5, 5.41) is 19.6. The SMILES string of the molecule is C#CC(C)C(NC(C)=O)(C(=O)O)C(=O)O. The van der Waals surface area contributed by atoms with Crippen LogP contribution >= 0.6 is 0 Å². The van der Waals surface area contributed by atoms with E-state index < -0.39 is 29.3 Å². The Morgan fingerprint density at radius 2 is 1.73 bits per heavy atom. The van der Waals surface area contributed by atoms with Gasteiger partial charge in [-0.05, 0) is 6.92 Å². The first-order valence-corrected chi connectivity index (χ1v) is 4.00. The Bertz CT molecular complexity index is 327. The lowest BCUT2D eigenvalue weighted by Gasteiger charge is -2.28. The molecule has 0 aromatic carbocycles. The number of carboxylic acid groups (broad SMARTS) is 2. The minimum absolute atomic E-state index is 0.776. The molecule has 3 N–H and O–H groups in total. The standard InChI is InChI=1S/C9H11NO5/c1-4-5(2)9(7(12)13,8(14)15)10-6(3)11/h1,5H,2-3H3,(H,10,11)(H,12,13)(H,14,15). The number of carbonyl (C=O) groups excluding carboxylic acids is 1. The molecule has 0 fully saturated rings. The molecule has 0 radical (unpaired) electrons. The number of carboxylic acids is 2. The van der Waals surface area contributed by atoms with Crippen LogP contribution in [0.2, 0.25) is 0 Å². The molecular weight excluding hydrogens is 202 g/mol. The third kappa shape index (κ3) is 2.26. The lowest BCUT2D eigenvalue weighted by atomic mass is 9.85. The molecule has 0 saturated carbocycles. The van der Waals surface area contributed by atoms with Crippen LogP contribution in [0.3, 0.4) is 0 Å². The molecule has 0 saturated heterocycles. The Hall–Kier alpha value is -2.03. The summed E-state index contributed by atoms with van der Waals surface area (Å²) in [5.74, 6) is -3.35. The predicted molar refractivity (Wildman–Crippen MR) is 49.8 cm³/mol. The Labute approximate surface area is 86.3 Å². The third-order valence-corrected chi connectivity index (χ3v) is 1.95. The molecule has 0 aliphatic rings. The van der Waals surface area contributed by atoms with Crippen molar-refractivity contribution in [3.8, 4) is 12.3 Å². The Kier molecular flexibility index (Phi) is 3.86. The van der Waals surface area contributed by atoms with Crippen LogP contribution in [0.4, 0.5) is 0 Å². The topological polar surface area (TPSA) is 104 Å². The summed E-state index contributed by atoms with van der Waals surface area (Å²) in [5.41, 5.74) is -2.47. The molecule has 0 bridgehead atoms. The quantitative estimate of drug-likeness (QED) is 0.423. The van der Waals surface area contributed by atoms with Crippen molar-refractivity contribution in [2.45, 2.75) is 19.4 Å². The van der Waals surface area contributed by atoms with E-state index in [0.29, 0.717) is 0 Å². The van der Waals surface area contributed by atoms with Crippen LogP contribution in [-0.2, 0) is 14.4 Å². The molecule has 1 unspecified atom stereocenters. The molecular formula is C9H11NO5. The molecule has 6 heteroatoms. The van der Waals surface area contributed by atoms with Crippen molar-refractivity contribution in [1.82, 2.24) is 5.32 Å². The maximum absolute atomic E-state index is 10.9. The van der Waals surface area contributed by atoms with Crippen LogP contribution in [0.25, 0.3) is 0 Å². The molecule has 6 nitrogen and oxygen atoms in total. The van der Waals surface area contributed by atoms with Gasteiger partial charge in [-0.2, -0.15) is 0 Å². The summed E-state index contributed by atoms with van der Waals surface area (Å²) in [7, 11) is 0. The highest BCUT2D eigenvalue weighted by molar-refractivity contribution is 6.06. The summed E-state index contributed by atoms with van der Waals surface area (Å²) < 4.78 is 0. The van der Waals surface area contributed by atoms with Crippen LogP contribution < -0.4 is 5.32 Å². The number of rotatable bonds is 4. The highest BCUT2D eigenvalue weighted by Gasteiger charge is 2.51. The molecule has 1 amide bonds. The summed E-state index contributed by atoms with van der Waals surface area (Å²) in [6.07, 6.45) is 4.98. The average Bonchev–Trinajstić information content (AvgIpc) is 2.11. The number of nitrogens with one attached hydrogen (secondary N) is 1. The molecule has 82 valence electrons. The van der Waals surface area contributed by atoms with E-state index >= 15 is 0 Å². The number of terminal acetylenes is 1. The molecule has 0 aliphatic carbocycles. The highest BCUT2D eigenvalue weighted by atomic mass is 16.4. The molecule has 0 heterocycles. The first-order chi connectivity index (χ1) is 6.78. The van der Waals surface area contributed by atoms with Gasteiger partial charge in [0.1, 0.15) is 0 Å². The summed E-state index contributed by atoms with van der Waals surface area (Å²) in [6, 6.07) is 0. The molecule has 0 spiro atoms. The van der Waals surface area contributed by atoms with Crippen molar-refractivity contribution in [2.24, 2.45) is 5.92 Å². The first kappa shape index (κ1) is 13.0. The zero-order chi connectivity index (χ0) is 12.2. The molecule has 0 rings (SSSR count). The van der Waals surface area contributed by atoms with Crippen molar-refractivity contribution in [3.05, 3.63) is 0 Å². The Morgan fingerprint density at radius 3 is 1.93 bits per heavy atom. The van der Waals surface area contributed by atoms with Crippen molar-refractivity contribution in [2.75, 3.05) is 0 Å². The van der Waals surface area contributed by atoms with E-state index in [2.05, 4.69) is 0 Å². The summed E-state index contributed by atoms with van der Waals surface area (Å²) in [6.45, 7) is 2.25. The fourth-order valence-electron chi connectivity index (χ4n) is 1.08. The average molecular weight is 213 g/mol. The van der Waals surface area contributed by atoms with E-state index in [-0.39, 0.29) is 0 Å². The maximum Gasteiger partial charge on any atom is 0.342 e. The second-order valence-corrected chi connectivity index (χ2v) is 2.99. The summed E-state index contributed by atoms with van der Waals surface area (Å²) in [4.78, 5) is 32.6. The van der Waals surface area contributed by atoms with Gasteiger partial charge in [0.15, 0.2) is 0 Å². The van der Waals surface area contributed by atoms with Gasteiger partial charge in [0.25, 0.3) is 0 Å². The predicted octanol–water partition coefficient (Wildman–Crippen LogP) is -0.700. The normalized spacial score (nSPS) is 12.3. The van der Waals surface area contributed by atoms with Crippen LogP contribution in [0.1, 0.15) is 13.8 Å². The van der Waals surface area contributed by atoms with E-state index in [1.54, 1.807) is 0 Å². The van der Waals surface area contributed by atoms with E-state index in [1.807, 2.05) is 11.2 Å². The number of carbonyl (C=O) groups is 3. The van der Waals surface area contributed by atoms with Gasteiger partial charge in [-0.3, -0.25) is 4.79 Å². The van der Waals surface area contributed by atoms with Gasteiger partial charge in [0.2, 0.25) is 11.4 Å². The zero-order valence-electron chi connectivity index (χ0n) is 8.27. The summed E-state index contributed by atoms with van der Waals surface area (Å²) >= 11 is 0. The maximum atomic E-state index is 10.9. The number of aliphatic carboxylic acids is 2. The van der Waals surface area contributed by atoms with E-state index in [0.717, 1.165) is 6.92 Å². The Morgan fingerprint density at radius 1 is 1.33 bits per heavy atom. The van der Waals surface area contributed by atoms with Crippen molar-refractivity contribution in [3.63, 3.8) is 0 Å². The highest BCUT2D eigenvalue weighted by Crippen LogP contribution is 2.18. The first-order valence-electron chi connectivity index (χ1n) is 4.00. The van der Waals surface area contributed by atoms with E-state index in [4.69, 9.17) is 16.6 Å². The molecule has 0 aromatic rings. The fraction of sp³-hybridized carbons (Fsp3) is 0.444. The minimum atomic E-state index is -2.47. The number of amides is 1. The fourth-order valence-corrected chi connectivity index (χ4v) is 1.08. The molecule has 0 aromatic heterocycles. The van der Waals surface area contributed by atoms with Gasteiger partial charge in [0, 0.05) is 6.92 Å². The largest absolute Gasteiger partial charge is 0.479 e. The molecule has 0 aliphatic heterocycles. The lowest BCUT2D eigenvalue weighted by Crippen LogP contribution is -2.63. The van der Waals surface area contributed by atoms with Crippen molar-refractivity contribution in [1.29, 1.82) is 0 Å². The number of hydrogen-bond acceptors (Lipinski definition) is 3. The van der Waals surface area contributed by atoms with Crippen LogP contribution in [-0.4, -0.2) is 33.6 Å². The van der Waals surface area contributed by atoms with Gasteiger partial charge in [-0.25, -0.2) is 9.59 Å². The second-order valence-electron chi connectivity index (χ2n) is 2.99. The smallest absolute Gasteiger partial charge is 0.342 e. The van der Waals surface area contributed by atoms with E-state index in [1.165, 1.54) is 6.92 Å². The second kappa shape index (κ2) is 4.46. The van der Waals surface area contributed by atoms with Gasteiger partial charge >= 0.3 is 11.9 Å². The van der Waals surface area contributed by atoms with Gasteiger partial charge < -0.3 is 15.5 Å². The minimum Gasteiger partial charge on any atom is -0.479 e. The van der Waals surface area contributed by atoms with Crippen LogP contribution in [0.15, 0.2) is 0 Å². The lowest BCUT2D eigenvalue weighted by molar-refractivity contribution is -0.163. The Balaban J connectivity index is 5.49. The molecule has 1 atom stereocenters. The monoisotopic (exact) mass is 213 g/mol. The van der Waals surface area contributed by atoms with Gasteiger partial charge in [-0.1, -0.05) is 5.92 Å². The van der Waals surface area contributed by atoms with Crippen LogP contribution in [0, 0.1) is 18.3 Å². The number of hydrogen-bond donors (Lipinski definition) is 3. The third-order valence-electron chi connectivity index (χ3n) is 1.95.